The molecule has 11 heteroatoms. The number of methoxy groups -OCH3 is 1. The van der Waals surface area contributed by atoms with E-state index in [1.165, 1.54) is 0 Å². The number of benzene rings is 1. The first-order valence-corrected chi connectivity index (χ1v) is 12.0. The van der Waals surface area contributed by atoms with Gasteiger partial charge >= 0.3 is 17.8 Å². The summed E-state index contributed by atoms with van der Waals surface area (Å²) in [5.41, 5.74) is -2.30. The number of carbonyl (C=O) groups excluding carboxylic acids is 1. The van der Waals surface area contributed by atoms with Gasteiger partial charge in [0.2, 0.25) is 0 Å². The number of hydrogen-bond acceptors (Lipinski definition) is 4. The molecule has 0 unspecified atom stereocenters. The van der Waals surface area contributed by atoms with Crippen molar-refractivity contribution in [3.8, 4) is 17.2 Å². The monoisotopic (exact) mass is 442 g/mol. The Bertz CT molecular complexity index is 1190. The maximum Gasteiger partial charge on any atom is 0.431 e. The second-order valence-corrected chi connectivity index (χ2v) is 12.1. The SMILES string of the molecule is COC(=O)c1cc(-n2c(=O)cc(C(F)(F)F)n(C)c2=O)c(F)cc1C#C[Si](C)(C)C. The molecule has 0 bridgehead atoms. The van der Waals surface area contributed by atoms with E-state index in [1.807, 2.05) is 19.6 Å². The standard InChI is InChI=1S/C19H18F4N2O4Si/c1-24-15(19(21,22)23)10-16(26)25(18(24)28)14-9-12(17(27)29-2)11(8-13(14)20)6-7-30(3,4)5/h8-10H,1-5H3. The van der Waals surface area contributed by atoms with Gasteiger partial charge in [-0.15, -0.1) is 5.54 Å². The Morgan fingerprint density at radius 1 is 1.13 bits per heavy atom. The zero-order valence-corrected chi connectivity index (χ0v) is 17.8. The number of halogens is 4. The van der Waals surface area contributed by atoms with Crippen molar-refractivity contribution in [2.24, 2.45) is 7.05 Å². The van der Waals surface area contributed by atoms with E-state index in [9.17, 15) is 31.9 Å². The van der Waals surface area contributed by atoms with Crippen molar-refractivity contribution < 1.29 is 27.1 Å². The lowest BCUT2D eigenvalue weighted by Gasteiger charge is -2.15. The molecule has 0 spiro atoms. The lowest BCUT2D eigenvalue weighted by Crippen LogP contribution is -2.41. The predicted octanol–water partition coefficient (Wildman–Crippen LogP) is 2.71. The van der Waals surface area contributed by atoms with Crippen LogP contribution in [0.15, 0.2) is 27.8 Å². The third-order valence-corrected chi connectivity index (χ3v) is 4.79. The number of nitrogens with zero attached hydrogens (tertiary/aromatic N) is 2. The summed E-state index contributed by atoms with van der Waals surface area (Å²) in [6.45, 7) is 5.77. The van der Waals surface area contributed by atoms with Gasteiger partial charge in [0.15, 0.2) is 0 Å². The van der Waals surface area contributed by atoms with Gasteiger partial charge in [0.1, 0.15) is 19.6 Å². The van der Waals surface area contributed by atoms with E-state index in [1.54, 1.807) is 0 Å². The number of rotatable bonds is 2. The summed E-state index contributed by atoms with van der Waals surface area (Å²) in [6.07, 6.45) is -4.96. The number of aromatic nitrogens is 2. The largest absolute Gasteiger partial charge is 0.465 e. The topological polar surface area (TPSA) is 70.3 Å². The molecule has 0 aliphatic rings. The van der Waals surface area contributed by atoms with E-state index in [0.29, 0.717) is 0 Å². The van der Waals surface area contributed by atoms with Gasteiger partial charge in [-0.2, -0.15) is 13.2 Å². The van der Waals surface area contributed by atoms with Gasteiger partial charge in [-0.05, 0) is 12.1 Å². The molecule has 1 heterocycles. The lowest BCUT2D eigenvalue weighted by atomic mass is 10.1. The van der Waals surface area contributed by atoms with E-state index in [4.69, 9.17) is 0 Å². The van der Waals surface area contributed by atoms with Crippen molar-refractivity contribution in [1.29, 1.82) is 0 Å². The summed E-state index contributed by atoms with van der Waals surface area (Å²) in [5, 5.41) is 0. The Labute approximate surface area is 169 Å². The van der Waals surface area contributed by atoms with Crippen LogP contribution in [0.3, 0.4) is 0 Å². The Hall–Kier alpha value is -3.13. The Morgan fingerprint density at radius 3 is 2.23 bits per heavy atom. The molecule has 0 saturated carbocycles. The van der Waals surface area contributed by atoms with Gasteiger partial charge in [0.05, 0.1) is 18.4 Å². The van der Waals surface area contributed by atoms with Crippen molar-refractivity contribution in [1.82, 2.24) is 9.13 Å². The summed E-state index contributed by atoms with van der Waals surface area (Å²) < 4.78 is 58.9. The van der Waals surface area contributed by atoms with Crippen LogP contribution in [0.4, 0.5) is 17.6 Å². The van der Waals surface area contributed by atoms with Crippen LogP contribution in [0.5, 0.6) is 0 Å². The zero-order valence-electron chi connectivity index (χ0n) is 16.8. The van der Waals surface area contributed by atoms with E-state index in [-0.39, 0.29) is 26.3 Å². The summed E-state index contributed by atoms with van der Waals surface area (Å²) in [6, 6.07) is 1.89. The maximum absolute atomic E-state index is 14.8. The second kappa shape index (κ2) is 7.95. The number of hydrogen-bond donors (Lipinski definition) is 0. The van der Waals surface area contributed by atoms with Crippen LogP contribution >= 0.6 is 0 Å². The molecule has 160 valence electrons. The predicted molar refractivity (Wildman–Crippen MR) is 104 cm³/mol. The minimum Gasteiger partial charge on any atom is -0.465 e. The first-order chi connectivity index (χ1) is 13.7. The molecule has 1 aromatic heterocycles. The van der Waals surface area contributed by atoms with E-state index < -0.39 is 48.7 Å². The molecule has 0 radical (unpaired) electrons. The first kappa shape index (κ1) is 23.1. The summed E-state index contributed by atoms with van der Waals surface area (Å²) in [5.74, 6) is 0.690. The molecule has 0 N–H and O–H groups in total. The average Bonchev–Trinajstić information content (AvgIpc) is 2.62. The van der Waals surface area contributed by atoms with Gasteiger partial charge in [-0.25, -0.2) is 18.5 Å². The van der Waals surface area contributed by atoms with Gasteiger partial charge in [0.25, 0.3) is 5.56 Å². The molecule has 30 heavy (non-hydrogen) atoms. The summed E-state index contributed by atoms with van der Waals surface area (Å²) in [4.78, 5) is 36.8. The molecule has 0 saturated heterocycles. The highest BCUT2D eigenvalue weighted by Crippen LogP contribution is 2.27. The zero-order chi connectivity index (χ0) is 23.0. The fourth-order valence-corrected chi connectivity index (χ4v) is 3.00. The van der Waals surface area contributed by atoms with Crippen molar-refractivity contribution in [3.05, 3.63) is 61.7 Å². The van der Waals surface area contributed by atoms with Crippen LogP contribution in [0, 0.1) is 17.3 Å². The molecule has 0 aliphatic carbocycles. The molecule has 0 atom stereocenters. The highest BCUT2D eigenvalue weighted by atomic mass is 28.3. The maximum atomic E-state index is 14.8. The number of esters is 1. The minimum atomic E-state index is -4.96. The summed E-state index contributed by atoms with van der Waals surface area (Å²) in [7, 11) is -0.0297. The molecule has 2 aromatic rings. The second-order valence-electron chi connectivity index (χ2n) is 7.38. The van der Waals surface area contributed by atoms with E-state index in [0.717, 1.165) is 26.3 Å². The van der Waals surface area contributed by atoms with E-state index >= 15 is 0 Å². The molecule has 2 rings (SSSR count). The fraction of sp³-hybridized carbons (Fsp3) is 0.316. The van der Waals surface area contributed by atoms with Gasteiger partial charge < -0.3 is 4.74 Å². The van der Waals surface area contributed by atoms with Crippen molar-refractivity contribution in [2.75, 3.05) is 7.11 Å². The molecule has 6 nitrogen and oxygen atoms in total. The molecule has 0 fully saturated rings. The third kappa shape index (κ3) is 4.71. The highest BCUT2D eigenvalue weighted by Gasteiger charge is 2.35. The van der Waals surface area contributed by atoms with Crippen LogP contribution in [0.1, 0.15) is 21.6 Å². The van der Waals surface area contributed by atoms with E-state index in [2.05, 4.69) is 16.2 Å². The molecule has 1 aromatic carbocycles. The third-order valence-electron chi connectivity index (χ3n) is 3.92. The van der Waals surface area contributed by atoms with Crippen molar-refractivity contribution in [3.63, 3.8) is 0 Å². The van der Waals surface area contributed by atoms with Crippen LogP contribution in [-0.2, 0) is 18.0 Å². The summed E-state index contributed by atoms with van der Waals surface area (Å²) >= 11 is 0. The first-order valence-electron chi connectivity index (χ1n) is 8.53. The number of carbonyl (C=O) groups is 1. The van der Waals surface area contributed by atoms with Gasteiger partial charge in [-0.3, -0.25) is 9.36 Å². The number of ether oxygens (including phenoxy) is 1. The highest BCUT2D eigenvalue weighted by molar-refractivity contribution is 6.83. The Morgan fingerprint density at radius 2 is 1.73 bits per heavy atom. The van der Waals surface area contributed by atoms with Crippen LogP contribution in [0.2, 0.25) is 19.6 Å². The lowest BCUT2D eigenvalue weighted by molar-refractivity contribution is -0.144. The minimum absolute atomic E-state index is 0.0256. The van der Waals surface area contributed by atoms with Crippen molar-refractivity contribution >= 4 is 14.0 Å². The van der Waals surface area contributed by atoms with Crippen LogP contribution < -0.4 is 11.2 Å². The molecular weight excluding hydrogens is 424 g/mol. The fourth-order valence-electron chi connectivity index (χ4n) is 2.49. The quantitative estimate of drug-likeness (QED) is 0.310. The molecule has 0 amide bonds. The van der Waals surface area contributed by atoms with Gasteiger partial charge in [0, 0.05) is 18.7 Å². The molecule has 0 aliphatic heterocycles. The van der Waals surface area contributed by atoms with Crippen LogP contribution in [-0.4, -0.2) is 30.3 Å². The molecular formula is C19H18F4N2O4Si. The Balaban J connectivity index is 2.86. The smallest absolute Gasteiger partial charge is 0.431 e. The Kier molecular flexibility index (Phi) is 6.13. The normalized spacial score (nSPS) is 11.6. The van der Waals surface area contributed by atoms with Crippen molar-refractivity contribution in [2.45, 2.75) is 25.8 Å². The van der Waals surface area contributed by atoms with Crippen LogP contribution in [0.25, 0.3) is 5.69 Å². The van der Waals surface area contributed by atoms with Gasteiger partial charge in [-0.1, -0.05) is 25.6 Å². The number of alkyl halides is 3. The average molecular weight is 442 g/mol.